The number of rotatable bonds is 8. The van der Waals surface area contributed by atoms with Crippen LogP contribution < -0.4 is 14.8 Å². The van der Waals surface area contributed by atoms with Crippen molar-refractivity contribution in [1.82, 2.24) is 5.32 Å². The predicted molar refractivity (Wildman–Crippen MR) is 90.7 cm³/mol. The first-order chi connectivity index (χ1) is 11.2. The van der Waals surface area contributed by atoms with E-state index < -0.39 is 0 Å². The van der Waals surface area contributed by atoms with Crippen LogP contribution in [0.15, 0.2) is 36.4 Å². The fourth-order valence-corrected chi connectivity index (χ4v) is 2.65. The van der Waals surface area contributed by atoms with Crippen molar-refractivity contribution in [2.45, 2.75) is 26.3 Å². The van der Waals surface area contributed by atoms with Gasteiger partial charge < -0.3 is 14.8 Å². The SMILES string of the molecule is CCc1cc(OC)cc(CCNCc2cccc(F)c2)c1OC. The van der Waals surface area contributed by atoms with Crippen LogP contribution in [0.3, 0.4) is 0 Å². The minimum atomic E-state index is -0.202. The molecule has 0 aliphatic rings. The topological polar surface area (TPSA) is 30.5 Å². The third kappa shape index (κ3) is 4.70. The Kier molecular flexibility index (Phi) is 6.41. The van der Waals surface area contributed by atoms with Gasteiger partial charge in [-0.25, -0.2) is 4.39 Å². The predicted octanol–water partition coefficient (Wildman–Crippen LogP) is 3.74. The van der Waals surface area contributed by atoms with Crippen LogP contribution in [0.4, 0.5) is 4.39 Å². The van der Waals surface area contributed by atoms with E-state index in [0.717, 1.165) is 47.6 Å². The number of benzene rings is 2. The van der Waals surface area contributed by atoms with Crippen molar-refractivity contribution in [3.05, 3.63) is 58.9 Å². The minimum absolute atomic E-state index is 0.202. The van der Waals surface area contributed by atoms with Gasteiger partial charge in [0.05, 0.1) is 14.2 Å². The van der Waals surface area contributed by atoms with E-state index in [-0.39, 0.29) is 5.82 Å². The monoisotopic (exact) mass is 317 g/mol. The maximum absolute atomic E-state index is 13.1. The Balaban J connectivity index is 1.99. The lowest BCUT2D eigenvalue weighted by molar-refractivity contribution is 0.394. The Morgan fingerprint density at radius 3 is 2.48 bits per heavy atom. The molecule has 0 unspecified atom stereocenters. The van der Waals surface area contributed by atoms with Gasteiger partial charge in [-0.3, -0.25) is 0 Å². The summed E-state index contributed by atoms with van der Waals surface area (Å²) in [6.45, 7) is 3.52. The molecule has 0 fully saturated rings. The largest absolute Gasteiger partial charge is 0.497 e. The molecule has 124 valence electrons. The Morgan fingerprint density at radius 1 is 1.04 bits per heavy atom. The maximum atomic E-state index is 13.1. The van der Waals surface area contributed by atoms with Crippen molar-refractivity contribution in [3.8, 4) is 11.5 Å². The molecule has 0 atom stereocenters. The van der Waals surface area contributed by atoms with Crippen LogP contribution in [0.1, 0.15) is 23.6 Å². The van der Waals surface area contributed by atoms with Crippen molar-refractivity contribution in [1.29, 1.82) is 0 Å². The number of aryl methyl sites for hydroxylation is 1. The van der Waals surface area contributed by atoms with Gasteiger partial charge in [0, 0.05) is 6.54 Å². The van der Waals surface area contributed by atoms with Crippen molar-refractivity contribution in [3.63, 3.8) is 0 Å². The zero-order valence-corrected chi connectivity index (χ0v) is 14.0. The molecule has 1 N–H and O–H groups in total. The van der Waals surface area contributed by atoms with Crippen molar-refractivity contribution >= 4 is 0 Å². The molecule has 23 heavy (non-hydrogen) atoms. The average molecular weight is 317 g/mol. The summed E-state index contributed by atoms with van der Waals surface area (Å²) in [4.78, 5) is 0. The summed E-state index contributed by atoms with van der Waals surface area (Å²) in [7, 11) is 3.37. The molecule has 0 heterocycles. The van der Waals surface area contributed by atoms with Crippen LogP contribution >= 0.6 is 0 Å². The van der Waals surface area contributed by atoms with Gasteiger partial charge in [-0.2, -0.15) is 0 Å². The van der Waals surface area contributed by atoms with Crippen molar-refractivity contribution in [2.75, 3.05) is 20.8 Å². The van der Waals surface area contributed by atoms with E-state index in [4.69, 9.17) is 9.47 Å². The summed E-state index contributed by atoms with van der Waals surface area (Å²) in [5.41, 5.74) is 3.21. The molecule has 0 aliphatic heterocycles. The molecule has 2 aromatic carbocycles. The molecule has 0 spiro atoms. The summed E-state index contributed by atoms with van der Waals surface area (Å²) in [6.07, 6.45) is 1.72. The fraction of sp³-hybridized carbons (Fsp3) is 0.368. The number of hydrogen-bond donors (Lipinski definition) is 1. The summed E-state index contributed by atoms with van der Waals surface area (Å²) in [5, 5.41) is 3.34. The lowest BCUT2D eigenvalue weighted by Crippen LogP contribution is -2.17. The van der Waals surface area contributed by atoms with E-state index in [9.17, 15) is 4.39 Å². The van der Waals surface area contributed by atoms with Gasteiger partial charge in [-0.1, -0.05) is 19.1 Å². The van der Waals surface area contributed by atoms with Gasteiger partial charge in [0.25, 0.3) is 0 Å². The van der Waals surface area contributed by atoms with E-state index in [1.807, 2.05) is 18.2 Å². The first-order valence-electron chi connectivity index (χ1n) is 7.86. The maximum Gasteiger partial charge on any atom is 0.125 e. The number of ether oxygens (including phenoxy) is 2. The summed E-state index contributed by atoms with van der Waals surface area (Å²) in [6, 6.07) is 10.7. The smallest absolute Gasteiger partial charge is 0.125 e. The lowest BCUT2D eigenvalue weighted by atomic mass is 10.0. The number of halogens is 1. The Labute approximate surface area is 137 Å². The third-order valence-corrected chi connectivity index (χ3v) is 3.83. The molecule has 3 nitrogen and oxygen atoms in total. The van der Waals surface area contributed by atoms with E-state index in [2.05, 4.69) is 12.2 Å². The molecular weight excluding hydrogens is 293 g/mol. The molecule has 4 heteroatoms. The molecular formula is C19H24FNO2. The Morgan fingerprint density at radius 2 is 1.83 bits per heavy atom. The number of nitrogens with one attached hydrogen (secondary N) is 1. The van der Waals surface area contributed by atoms with Crippen LogP contribution in [0.2, 0.25) is 0 Å². The van der Waals surface area contributed by atoms with Crippen LogP contribution in [0.25, 0.3) is 0 Å². The van der Waals surface area contributed by atoms with Crippen molar-refractivity contribution in [2.24, 2.45) is 0 Å². The molecule has 0 radical (unpaired) electrons. The van der Waals surface area contributed by atoms with Crippen LogP contribution in [0, 0.1) is 5.82 Å². The second-order valence-electron chi connectivity index (χ2n) is 5.39. The van der Waals surface area contributed by atoms with Crippen molar-refractivity contribution < 1.29 is 13.9 Å². The van der Waals surface area contributed by atoms with E-state index in [1.54, 1.807) is 26.4 Å². The number of hydrogen-bond acceptors (Lipinski definition) is 3. The fourth-order valence-electron chi connectivity index (χ4n) is 2.65. The van der Waals surface area contributed by atoms with E-state index >= 15 is 0 Å². The first-order valence-corrected chi connectivity index (χ1v) is 7.86. The van der Waals surface area contributed by atoms with Gasteiger partial charge in [0.1, 0.15) is 17.3 Å². The molecule has 0 aliphatic carbocycles. The normalized spacial score (nSPS) is 10.6. The number of methoxy groups -OCH3 is 2. The molecule has 0 amide bonds. The van der Waals surface area contributed by atoms with Gasteiger partial charge in [0.2, 0.25) is 0 Å². The van der Waals surface area contributed by atoms with E-state index in [0.29, 0.717) is 6.54 Å². The molecule has 0 aromatic heterocycles. The molecule has 0 saturated heterocycles. The van der Waals surface area contributed by atoms with Crippen LogP contribution in [0.5, 0.6) is 11.5 Å². The highest BCUT2D eigenvalue weighted by Crippen LogP contribution is 2.30. The summed E-state index contributed by atoms with van der Waals surface area (Å²) < 4.78 is 24.1. The molecule has 0 saturated carbocycles. The lowest BCUT2D eigenvalue weighted by Gasteiger charge is -2.15. The summed E-state index contributed by atoms with van der Waals surface area (Å²) >= 11 is 0. The van der Waals surface area contributed by atoms with E-state index in [1.165, 1.54) is 6.07 Å². The van der Waals surface area contributed by atoms with Crippen LogP contribution in [-0.4, -0.2) is 20.8 Å². The van der Waals surface area contributed by atoms with Gasteiger partial charge in [-0.05, 0) is 60.3 Å². The van der Waals surface area contributed by atoms with Gasteiger partial charge >= 0.3 is 0 Å². The van der Waals surface area contributed by atoms with Gasteiger partial charge in [0.15, 0.2) is 0 Å². The minimum Gasteiger partial charge on any atom is -0.497 e. The second-order valence-corrected chi connectivity index (χ2v) is 5.39. The third-order valence-electron chi connectivity index (χ3n) is 3.83. The highest BCUT2D eigenvalue weighted by atomic mass is 19.1. The summed E-state index contributed by atoms with van der Waals surface area (Å²) in [5.74, 6) is 1.58. The van der Waals surface area contributed by atoms with Gasteiger partial charge in [-0.15, -0.1) is 0 Å². The molecule has 2 rings (SSSR count). The highest BCUT2D eigenvalue weighted by Gasteiger charge is 2.11. The molecule has 0 bridgehead atoms. The Bertz CT molecular complexity index is 643. The standard InChI is InChI=1S/C19H24FNO2/c1-4-15-11-18(22-2)12-16(19(15)23-3)8-9-21-13-14-6-5-7-17(20)10-14/h5-7,10-12,21H,4,8-9,13H2,1-3H3. The zero-order chi connectivity index (χ0) is 16.7. The first kappa shape index (κ1) is 17.3. The van der Waals surface area contributed by atoms with Crippen LogP contribution in [-0.2, 0) is 19.4 Å². The molecule has 2 aromatic rings. The highest BCUT2D eigenvalue weighted by molar-refractivity contribution is 5.47. The second kappa shape index (κ2) is 8.53. The quantitative estimate of drug-likeness (QED) is 0.752. The zero-order valence-electron chi connectivity index (χ0n) is 14.0. The average Bonchev–Trinajstić information content (AvgIpc) is 2.57. The Hall–Kier alpha value is -2.07.